The molecule has 92 valence electrons. The van der Waals surface area contributed by atoms with Crippen LogP contribution in [-0.2, 0) is 6.54 Å². The molecule has 1 aromatic heterocycles. The van der Waals surface area contributed by atoms with Gasteiger partial charge in [0.15, 0.2) is 0 Å². The first-order valence-corrected chi connectivity index (χ1v) is 7.13. The fraction of sp³-hybridized carbons (Fsp3) is 0.692. The van der Waals surface area contributed by atoms with E-state index in [0.29, 0.717) is 6.04 Å². The molecule has 0 saturated heterocycles. The molecular weight excluding hydrogens is 216 g/mol. The van der Waals surface area contributed by atoms with Crippen LogP contribution in [0, 0.1) is 0 Å². The van der Waals surface area contributed by atoms with Crippen LogP contribution in [0.4, 0.5) is 0 Å². The molecule has 0 radical (unpaired) electrons. The molecular formula is C13H24N2S. The molecule has 2 nitrogen and oxygen atoms in total. The summed E-state index contributed by atoms with van der Waals surface area (Å²) in [7, 11) is 0. The Morgan fingerprint density at radius 3 is 2.81 bits per heavy atom. The Bertz CT molecular complexity index is 259. The van der Waals surface area contributed by atoms with Gasteiger partial charge >= 0.3 is 0 Å². The van der Waals surface area contributed by atoms with Crippen LogP contribution < -0.4 is 5.32 Å². The van der Waals surface area contributed by atoms with E-state index in [1.54, 1.807) is 0 Å². The predicted molar refractivity (Wildman–Crippen MR) is 73.0 cm³/mol. The summed E-state index contributed by atoms with van der Waals surface area (Å²) in [4.78, 5) is 3.95. The lowest BCUT2D eigenvalue weighted by Gasteiger charge is -2.27. The van der Waals surface area contributed by atoms with Crippen molar-refractivity contribution >= 4 is 11.3 Å². The third-order valence-electron chi connectivity index (χ3n) is 2.86. The zero-order valence-corrected chi connectivity index (χ0v) is 11.5. The van der Waals surface area contributed by atoms with Gasteiger partial charge in [-0.1, -0.05) is 19.9 Å². The van der Waals surface area contributed by atoms with E-state index in [0.717, 1.165) is 19.6 Å². The van der Waals surface area contributed by atoms with E-state index < -0.39 is 0 Å². The van der Waals surface area contributed by atoms with Crippen LogP contribution >= 0.6 is 11.3 Å². The van der Waals surface area contributed by atoms with E-state index in [4.69, 9.17) is 0 Å². The van der Waals surface area contributed by atoms with Crippen molar-refractivity contribution in [3.63, 3.8) is 0 Å². The van der Waals surface area contributed by atoms with E-state index in [1.165, 1.54) is 17.8 Å². The largest absolute Gasteiger partial charge is 0.310 e. The van der Waals surface area contributed by atoms with Gasteiger partial charge in [-0.15, -0.1) is 11.3 Å². The summed E-state index contributed by atoms with van der Waals surface area (Å²) >= 11 is 1.82. The van der Waals surface area contributed by atoms with Crippen LogP contribution in [0.2, 0.25) is 0 Å². The number of hydrogen-bond acceptors (Lipinski definition) is 3. The van der Waals surface area contributed by atoms with Gasteiger partial charge in [-0.3, -0.25) is 4.90 Å². The van der Waals surface area contributed by atoms with Gasteiger partial charge in [0, 0.05) is 24.0 Å². The van der Waals surface area contributed by atoms with Crippen LogP contribution in [0.3, 0.4) is 0 Å². The molecule has 0 fully saturated rings. The lowest BCUT2D eigenvalue weighted by molar-refractivity contribution is 0.215. The third kappa shape index (κ3) is 4.64. The van der Waals surface area contributed by atoms with E-state index in [1.807, 2.05) is 11.3 Å². The first-order chi connectivity index (χ1) is 7.77. The SMILES string of the molecule is CCCN(CC)C(C)CNCc1cccs1. The van der Waals surface area contributed by atoms with Gasteiger partial charge in [-0.05, 0) is 37.9 Å². The molecule has 0 saturated carbocycles. The van der Waals surface area contributed by atoms with Crippen molar-refractivity contribution in [2.75, 3.05) is 19.6 Å². The summed E-state index contributed by atoms with van der Waals surface area (Å²) in [5.41, 5.74) is 0. The lowest BCUT2D eigenvalue weighted by atomic mass is 10.2. The van der Waals surface area contributed by atoms with Crippen LogP contribution in [0.25, 0.3) is 0 Å². The first-order valence-electron chi connectivity index (χ1n) is 6.25. The van der Waals surface area contributed by atoms with Gasteiger partial charge in [-0.25, -0.2) is 0 Å². The molecule has 0 amide bonds. The van der Waals surface area contributed by atoms with Crippen LogP contribution in [0.1, 0.15) is 32.1 Å². The molecule has 0 aliphatic carbocycles. The topological polar surface area (TPSA) is 15.3 Å². The van der Waals surface area contributed by atoms with Crippen molar-refractivity contribution in [1.82, 2.24) is 10.2 Å². The predicted octanol–water partition coefficient (Wildman–Crippen LogP) is 2.96. The van der Waals surface area contributed by atoms with Gasteiger partial charge in [0.05, 0.1) is 0 Å². The molecule has 1 N–H and O–H groups in total. The van der Waals surface area contributed by atoms with E-state index in [-0.39, 0.29) is 0 Å². The van der Waals surface area contributed by atoms with Crippen molar-refractivity contribution in [2.45, 2.75) is 39.8 Å². The van der Waals surface area contributed by atoms with Crippen LogP contribution in [-0.4, -0.2) is 30.6 Å². The van der Waals surface area contributed by atoms with Crippen molar-refractivity contribution in [1.29, 1.82) is 0 Å². The van der Waals surface area contributed by atoms with Crippen LogP contribution in [0.15, 0.2) is 17.5 Å². The third-order valence-corrected chi connectivity index (χ3v) is 3.74. The molecule has 0 spiro atoms. The smallest absolute Gasteiger partial charge is 0.0300 e. The Hall–Kier alpha value is -0.380. The Morgan fingerprint density at radius 1 is 1.44 bits per heavy atom. The quantitative estimate of drug-likeness (QED) is 0.751. The molecule has 0 aromatic carbocycles. The highest BCUT2D eigenvalue weighted by Crippen LogP contribution is 2.07. The molecule has 1 atom stereocenters. The summed E-state index contributed by atoms with van der Waals surface area (Å²) in [6, 6.07) is 4.93. The van der Waals surface area contributed by atoms with Gasteiger partial charge in [0.25, 0.3) is 0 Å². The Kier molecular flexibility index (Phi) is 6.69. The maximum absolute atomic E-state index is 3.53. The van der Waals surface area contributed by atoms with Crippen molar-refractivity contribution < 1.29 is 0 Å². The monoisotopic (exact) mass is 240 g/mol. The average Bonchev–Trinajstić information content (AvgIpc) is 2.78. The number of nitrogens with one attached hydrogen (secondary N) is 1. The minimum atomic E-state index is 0.630. The minimum absolute atomic E-state index is 0.630. The maximum atomic E-state index is 3.53. The fourth-order valence-corrected chi connectivity index (χ4v) is 2.60. The van der Waals surface area contributed by atoms with Gasteiger partial charge in [0.2, 0.25) is 0 Å². The molecule has 1 heterocycles. The number of likely N-dealkylation sites (N-methyl/N-ethyl adjacent to an activating group) is 1. The second-order valence-corrected chi connectivity index (χ2v) is 5.22. The summed E-state index contributed by atoms with van der Waals surface area (Å²) in [5.74, 6) is 0. The Morgan fingerprint density at radius 2 is 2.25 bits per heavy atom. The lowest BCUT2D eigenvalue weighted by Crippen LogP contribution is -2.40. The Labute approximate surface area is 104 Å². The normalized spacial score (nSPS) is 13.2. The van der Waals surface area contributed by atoms with Gasteiger partial charge in [-0.2, -0.15) is 0 Å². The summed E-state index contributed by atoms with van der Waals surface area (Å²) in [6.07, 6.45) is 1.24. The van der Waals surface area contributed by atoms with Crippen molar-refractivity contribution in [3.05, 3.63) is 22.4 Å². The summed E-state index contributed by atoms with van der Waals surface area (Å²) in [5, 5.41) is 5.66. The highest BCUT2D eigenvalue weighted by Gasteiger charge is 2.09. The highest BCUT2D eigenvalue weighted by atomic mass is 32.1. The molecule has 0 aliphatic rings. The second-order valence-electron chi connectivity index (χ2n) is 4.19. The van der Waals surface area contributed by atoms with E-state index >= 15 is 0 Å². The van der Waals surface area contributed by atoms with Crippen LogP contribution in [0.5, 0.6) is 0 Å². The number of hydrogen-bond donors (Lipinski definition) is 1. The Balaban J connectivity index is 2.20. The van der Waals surface area contributed by atoms with Gasteiger partial charge < -0.3 is 5.32 Å². The molecule has 1 unspecified atom stereocenters. The zero-order valence-electron chi connectivity index (χ0n) is 10.7. The second kappa shape index (κ2) is 7.82. The molecule has 16 heavy (non-hydrogen) atoms. The first kappa shape index (κ1) is 13.7. The minimum Gasteiger partial charge on any atom is -0.310 e. The molecule has 0 bridgehead atoms. The average molecular weight is 240 g/mol. The van der Waals surface area contributed by atoms with Crippen molar-refractivity contribution in [3.8, 4) is 0 Å². The summed E-state index contributed by atoms with van der Waals surface area (Å²) < 4.78 is 0. The van der Waals surface area contributed by atoms with Crippen molar-refractivity contribution in [2.24, 2.45) is 0 Å². The number of thiophene rings is 1. The standard InChI is InChI=1S/C13H24N2S/c1-4-8-15(5-2)12(3)10-14-11-13-7-6-9-16-13/h6-7,9,12,14H,4-5,8,10-11H2,1-3H3. The molecule has 3 heteroatoms. The molecule has 1 rings (SSSR count). The number of rotatable bonds is 8. The summed E-state index contributed by atoms with van der Waals surface area (Å²) in [6.45, 7) is 11.2. The zero-order chi connectivity index (χ0) is 11.8. The maximum Gasteiger partial charge on any atom is 0.0300 e. The number of nitrogens with zero attached hydrogens (tertiary/aromatic N) is 1. The fourth-order valence-electron chi connectivity index (χ4n) is 1.92. The van der Waals surface area contributed by atoms with E-state index in [9.17, 15) is 0 Å². The van der Waals surface area contributed by atoms with E-state index in [2.05, 4.69) is 48.5 Å². The highest BCUT2D eigenvalue weighted by molar-refractivity contribution is 7.09. The molecule has 1 aromatic rings. The molecule has 0 aliphatic heterocycles. The van der Waals surface area contributed by atoms with Gasteiger partial charge in [0.1, 0.15) is 0 Å².